The zero-order valence-electron chi connectivity index (χ0n) is 29.8. The van der Waals surface area contributed by atoms with Crippen LogP contribution in [0.15, 0.2) is 210 Å². The van der Waals surface area contributed by atoms with Crippen molar-refractivity contribution in [2.75, 3.05) is 25.3 Å². The molecule has 0 bridgehead atoms. The molecule has 7 heteroatoms. The van der Waals surface area contributed by atoms with Gasteiger partial charge in [-0.1, -0.05) is 84.9 Å². The Labute approximate surface area is 320 Å². The zero-order chi connectivity index (χ0) is 36.7. The number of hydrogen-bond acceptors (Lipinski definition) is 7. The Kier molecular flexibility index (Phi) is 7.81. The van der Waals surface area contributed by atoms with E-state index in [-0.39, 0.29) is 0 Å². The van der Waals surface area contributed by atoms with E-state index < -0.39 is 0 Å². The summed E-state index contributed by atoms with van der Waals surface area (Å²) < 4.78 is 0. The van der Waals surface area contributed by atoms with Crippen molar-refractivity contribution >= 4 is 85.3 Å². The molecule has 262 valence electrons. The van der Waals surface area contributed by atoms with Gasteiger partial charge in [0.2, 0.25) is 0 Å². The van der Waals surface area contributed by atoms with E-state index >= 15 is 0 Å². The second-order valence-corrected chi connectivity index (χ2v) is 13.4. The molecule has 0 radical (unpaired) electrons. The van der Waals surface area contributed by atoms with Crippen LogP contribution in [0, 0.1) is 0 Å². The molecule has 0 saturated carbocycles. The summed E-state index contributed by atoms with van der Waals surface area (Å²) in [6.07, 6.45) is 0. The Morgan fingerprint density at radius 2 is 0.600 bits per heavy atom. The van der Waals surface area contributed by atoms with Crippen molar-refractivity contribution in [2.24, 2.45) is 10.2 Å². The molecule has 0 aromatic heterocycles. The highest BCUT2D eigenvalue weighted by atomic mass is 15.3. The Bertz CT molecular complexity index is 2600. The van der Waals surface area contributed by atoms with Gasteiger partial charge in [0, 0.05) is 22.7 Å². The van der Waals surface area contributed by atoms with E-state index in [1.54, 1.807) is 0 Å². The molecular weight excluding hydrogens is 675 g/mol. The molecule has 0 saturated heterocycles. The van der Waals surface area contributed by atoms with Gasteiger partial charge in [0.15, 0.2) is 0 Å². The fourth-order valence-corrected chi connectivity index (χ4v) is 7.71. The molecular formula is C48H35N7. The van der Waals surface area contributed by atoms with Crippen LogP contribution in [0.2, 0.25) is 0 Å². The molecule has 2 aliphatic heterocycles. The smallest absolute Gasteiger partial charge is 0.109 e. The van der Waals surface area contributed by atoms with Gasteiger partial charge in [-0.3, -0.25) is 0 Å². The summed E-state index contributed by atoms with van der Waals surface area (Å²) in [6.45, 7) is 0. The van der Waals surface area contributed by atoms with E-state index in [4.69, 9.17) is 5.73 Å². The summed E-state index contributed by atoms with van der Waals surface area (Å²) in [5.41, 5.74) is 21.5. The summed E-state index contributed by atoms with van der Waals surface area (Å²) >= 11 is 0. The first-order valence-electron chi connectivity index (χ1n) is 18.3. The van der Waals surface area contributed by atoms with Gasteiger partial charge >= 0.3 is 0 Å². The van der Waals surface area contributed by atoms with Crippen molar-refractivity contribution in [1.29, 1.82) is 0 Å². The van der Waals surface area contributed by atoms with Gasteiger partial charge in [-0.05, 0) is 115 Å². The molecule has 10 rings (SSSR count). The minimum absolute atomic E-state index is 0.544. The molecule has 0 atom stereocenters. The average molecular weight is 710 g/mol. The van der Waals surface area contributed by atoms with Crippen molar-refractivity contribution in [1.82, 2.24) is 0 Å². The number of azo groups is 1. The van der Waals surface area contributed by atoms with Crippen LogP contribution in [-0.2, 0) is 0 Å². The molecule has 0 amide bonds. The number of nitrogens with two attached hydrogens (primary N) is 1. The fourth-order valence-electron chi connectivity index (χ4n) is 7.71. The van der Waals surface area contributed by atoms with Crippen molar-refractivity contribution in [3.8, 4) is 0 Å². The van der Waals surface area contributed by atoms with Gasteiger partial charge in [-0.25, -0.2) is 0 Å². The fraction of sp³-hybridized carbons (Fsp3) is 0. The van der Waals surface area contributed by atoms with Gasteiger partial charge < -0.3 is 25.3 Å². The Balaban J connectivity index is 0.948. The highest BCUT2D eigenvalue weighted by Crippen LogP contribution is 2.55. The van der Waals surface area contributed by atoms with Crippen LogP contribution in [0.25, 0.3) is 0 Å². The molecule has 7 nitrogen and oxygen atoms in total. The van der Waals surface area contributed by atoms with Gasteiger partial charge in [0.25, 0.3) is 0 Å². The lowest BCUT2D eigenvalue weighted by Crippen LogP contribution is -2.23. The second kappa shape index (κ2) is 13.4. The van der Waals surface area contributed by atoms with Crippen molar-refractivity contribution in [3.63, 3.8) is 0 Å². The van der Waals surface area contributed by atoms with Crippen LogP contribution >= 0.6 is 0 Å². The lowest BCUT2D eigenvalue weighted by atomic mass is 10.0. The highest BCUT2D eigenvalue weighted by molar-refractivity contribution is 6.03. The molecule has 8 aromatic carbocycles. The van der Waals surface area contributed by atoms with Gasteiger partial charge in [0.05, 0.1) is 56.9 Å². The third-order valence-corrected chi connectivity index (χ3v) is 10.1. The summed E-state index contributed by atoms with van der Waals surface area (Å²) in [5.74, 6) is 0. The monoisotopic (exact) mass is 709 g/mol. The number of nitrogens with zero attached hydrogens (tertiary/aromatic N) is 6. The predicted molar refractivity (Wildman–Crippen MR) is 227 cm³/mol. The average Bonchev–Trinajstić information content (AvgIpc) is 3.25. The van der Waals surface area contributed by atoms with Gasteiger partial charge in [0.1, 0.15) is 5.69 Å². The van der Waals surface area contributed by atoms with E-state index in [2.05, 4.69) is 194 Å². The lowest BCUT2D eigenvalue weighted by molar-refractivity contribution is 1.16. The van der Waals surface area contributed by atoms with Crippen LogP contribution in [0.5, 0.6) is 0 Å². The molecule has 2 aliphatic rings. The molecule has 0 aliphatic carbocycles. The first-order valence-corrected chi connectivity index (χ1v) is 18.3. The van der Waals surface area contributed by atoms with E-state index in [1.165, 1.54) is 0 Å². The quantitative estimate of drug-likeness (QED) is 0.138. The van der Waals surface area contributed by atoms with E-state index in [9.17, 15) is 0 Å². The molecule has 2 N–H and O–H groups in total. The third kappa shape index (κ3) is 5.54. The normalized spacial score (nSPS) is 12.9. The Morgan fingerprint density at radius 1 is 0.291 bits per heavy atom. The van der Waals surface area contributed by atoms with E-state index in [0.29, 0.717) is 11.4 Å². The van der Waals surface area contributed by atoms with E-state index in [0.717, 1.165) is 73.9 Å². The van der Waals surface area contributed by atoms with Gasteiger partial charge in [-0.15, -0.1) is 5.11 Å². The topological polar surface area (TPSA) is 63.7 Å². The first-order chi connectivity index (χ1) is 27.2. The van der Waals surface area contributed by atoms with Crippen LogP contribution in [0.1, 0.15) is 0 Å². The second-order valence-electron chi connectivity index (χ2n) is 13.4. The number of para-hydroxylation sites is 10. The first kappa shape index (κ1) is 32.0. The summed E-state index contributed by atoms with van der Waals surface area (Å²) in [4.78, 5) is 9.19. The largest absolute Gasteiger partial charge is 0.397 e. The minimum Gasteiger partial charge on any atom is -0.397 e. The lowest BCUT2D eigenvalue weighted by Gasteiger charge is -2.40. The third-order valence-electron chi connectivity index (χ3n) is 10.1. The molecule has 0 fully saturated rings. The van der Waals surface area contributed by atoms with E-state index in [1.807, 2.05) is 36.4 Å². The number of rotatable bonds is 6. The number of anilines is 13. The highest BCUT2D eigenvalue weighted by Gasteiger charge is 2.31. The maximum Gasteiger partial charge on any atom is 0.109 e. The molecule has 0 spiro atoms. The molecule has 55 heavy (non-hydrogen) atoms. The summed E-state index contributed by atoms with van der Waals surface area (Å²) in [7, 11) is 0. The van der Waals surface area contributed by atoms with Crippen LogP contribution in [-0.4, -0.2) is 0 Å². The van der Waals surface area contributed by atoms with Crippen molar-refractivity contribution in [2.45, 2.75) is 0 Å². The zero-order valence-corrected chi connectivity index (χ0v) is 29.8. The van der Waals surface area contributed by atoms with Crippen LogP contribution in [0.3, 0.4) is 0 Å². The number of nitrogen functional groups attached to an aromatic ring is 1. The maximum atomic E-state index is 6.71. The Hall–Kier alpha value is -7.64. The summed E-state index contributed by atoms with van der Waals surface area (Å²) in [5, 5.41) is 9.23. The Morgan fingerprint density at radius 3 is 0.964 bits per heavy atom. The molecule has 2 heterocycles. The predicted octanol–water partition coefficient (Wildman–Crippen LogP) is 14.2. The van der Waals surface area contributed by atoms with Crippen molar-refractivity contribution < 1.29 is 0 Å². The number of fused-ring (bicyclic) bond motifs is 4. The standard InChI is InChI=1S/C48H35N7/c49-39-33-38(55-47-25-13-11-23-45(47)53(36-17-5-2-6-18-36)46-24-12-14-26-48(46)55)31-32-40(39)51-50-34-27-29-37(30-28-34)54-43-21-9-7-19-41(43)52(35-15-3-1-4-16-35)42-20-8-10-22-44(42)54/h1-33H,49H2. The van der Waals surface area contributed by atoms with Crippen LogP contribution in [0.4, 0.5) is 85.3 Å². The number of hydrogen-bond donors (Lipinski definition) is 1. The van der Waals surface area contributed by atoms with Crippen molar-refractivity contribution in [3.05, 3.63) is 200 Å². The number of benzene rings is 8. The molecule has 0 unspecified atom stereocenters. The molecule has 8 aromatic rings. The SMILES string of the molecule is Nc1cc(N2c3ccccc3N(c3ccccc3)c3ccccc32)ccc1N=Nc1ccc(N2c3ccccc3N(c3ccccc3)c3ccccc32)cc1. The van der Waals surface area contributed by atoms with Crippen LogP contribution < -0.4 is 25.3 Å². The van der Waals surface area contributed by atoms with Gasteiger partial charge in [-0.2, -0.15) is 5.11 Å². The minimum atomic E-state index is 0.544. The summed E-state index contributed by atoms with van der Waals surface area (Å²) in [6, 6.07) is 69.1. The maximum absolute atomic E-state index is 6.71.